The predicted molar refractivity (Wildman–Crippen MR) is 119 cm³/mol. The summed E-state index contributed by atoms with van der Waals surface area (Å²) >= 11 is 0. The number of benzene rings is 4. The molecule has 6 heteroatoms. The van der Waals surface area contributed by atoms with Gasteiger partial charge in [-0.2, -0.15) is 0 Å². The van der Waals surface area contributed by atoms with E-state index in [-0.39, 0.29) is 5.75 Å². The van der Waals surface area contributed by atoms with Gasteiger partial charge in [0.1, 0.15) is 5.75 Å². The maximum absolute atomic E-state index is 12.4. The van der Waals surface area contributed by atoms with Crippen LogP contribution in [0.1, 0.15) is 0 Å². The van der Waals surface area contributed by atoms with Crippen LogP contribution < -0.4 is 16.0 Å². The zero-order valence-electron chi connectivity index (χ0n) is 15.9. The molecule has 0 aliphatic carbocycles. The second kappa shape index (κ2) is 8.36. The fourth-order valence-corrected chi connectivity index (χ4v) is 3.09. The quantitative estimate of drug-likeness (QED) is 0.370. The number of phenols is 1. The fraction of sp³-hybridized carbons (Fsp3) is 0. The monoisotopic (exact) mass is 397 g/mol. The zero-order valence-corrected chi connectivity index (χ0v) is 15.9. The van der Waals surface area contributed by atoms with Gasteiger partial charge in [0.05, 0.1) is 0 Å². The Morgan fingerprint density at radius 3 is 1.93 bits per heavy atom. The first-order valence-electron chi connectivity index (χ1n) is 9.35. The summed E-state index contributed by atoms with van der Waals surface area (Å²) in [6, 6.07) is 26.9. The first-order chi connectivity index (χ1) is 14.6. The molecule has 0 aliphatic heterocycles. The van der Waals surface area contributed by atoms with Crippen LogP contribution in [0.4, 0.5) is 22.7 Å². The molecule has 0 unspecified atom stereocenters. The number of amides is 2. The number of anilines is 4. The van der Waals surface area contributed by atoms with Gasteiger partial charge in [-0.3, -0.25) is 9.59 Å². The second-order valence-corrected chi connectivity index (χ2v) is 6.65. The summed E-state index contributed by atoms with van der Waals surface area (Å²) in [5.41, 5.74) is 2.77. The van der Waals surface area contributed by atoms with Crippen molar-refractivity contribution < 1.29 is 14.7 Å². The Balaban J connectivity index is 1.42. The molecule has 0 bridgehead atoms. The standard InChI is InChI=1S/C24H19N3O3/c28-22-11-5-8-19-20(22)9-4-10-21(19)27-24(30)23(29)26-18-14-12-17(13-15-18)25-16-6-2-1-3-7-16/h1-15,25,28H,(H,26,29)(H,27,30). The molecule has 4 aromatic rings. The van der Waals surface area contributed by atoms with Crippen molar-refractivity contribution in [2.75, 3.05) is 16.0 Å². The molecule has 0 fully saturated rings. The lowest BCUT2D eigenvalue weighted by molar-refractivity contribution is -0.132. The molecule has 0 aliphatic rings. The van der Waals surface area contributed by atoms with Gasteiger partial charge >= 0.3 is 11.8 Å². The molecule has 0 radical (unpaired) electrons. The number of fused-ring (bicyclic) bond motifs is 1. The van der Waals surface area contributed by atoms with Crippen LogP contribution >= 0.6 is 0 Å². The molecule has 4 N–H and O–H groups in total. The van der Waals surface area contributed by atoms with Gasteiger partial charge in [-0.25, -0.2) is 0 Å². The first kappa shape index (κ1) is 19.0. The Morgan fingerprint density at radius 1 is 0.567 bits per heavy atom. The molecule has 0 saturated carbocycles. The Morgan fingerprint density at radius 2 is 1.17 bits per heavy atom. The molecule has 6 nitrogen and oxygen atoms in total. The van der Waals surface area contributed by atoms with Gasteiger partial charge < -0.3 is 21.1 Å². The Kier molecular flexibility index (Phi) is 5.30. The lowest BCUT2D eigenvalue weighted by atomic mass is 10.1. The summed E-state index contributed by atoms with van der Waals surface area (Å²) in [5, 5.41) is 19.6. The highest BCUT2D eigenvalue weighted by atomic mass is 16.3. The van der Waals surface area contributed by atoms with Gasteiger partial charge in [-0.15, -0.1) is 0 Å². The molecule has 30 heavy (non-hydrogen) atoms. The van der Waals surface area contributed by atoms with Gasteiger partial charge in [-0.05, 0) is 48.5 Å². The lowest BCUT2D eigenvalue weighted by Gasteiger charge is -2.11. The Bertz CT molecular complexity index is 1210. The van der Waals surface area contributed by atoms with Crippen LogP contribution in [-0.4, -0.2) is 16.9 Å². The molecule has 0 saturated heterocycles. The third-order valence-corrected chi connectivity index (χ3v) is 4.56. The first-order valence-corrected chi connectivity index (χ1v) is 9.35. The fourth-order valence-electron chi connectivity index (χ4n) is 3.09. The molecule has 0 atom stereocenters. The van der Waals surface area contributed by atoms with E-state index in [1.165, 1.54) is 0 Å². The van der Waals surface area contributed by atoms with E-state index in [0.29, 0.717) is 22.1 Å². The number of rotatable bonds is 4. The lowest BCUT2D eigenvalue weighted by Crippen LogP contribution is -2.29. The minimum atomic E-state index is -0.794. The summed E-state index contributed by atoms with van der Waals surface area (Å²) in [6.07, 6.45) is 0. The minimum Gasteiger partial charge on any atom is -0.507 e. The van der Waals surface area contributed by atoms with Gasteiger partial charge in [0.25, 0.3) is 0 Å². The van der Waals surface area contributed by atoms with E-state index < -0.39 is 11.8 Å². The summed E-state index contributed by atoms with van der Waals surface area (Å²) < 4.78 is 0. The van der Waals surface area contributed by atoms with Crippen molar-refractivity contribution in [1.29, 1.82) is 0 Å². The van der Waals surface area contributed by atoms with Crippen LogP contribution in [0.3, 0.4) is 0 Å². The van der Waals surface area contributed by atoms with Crippen molar-refractivity contribution in [3.05, 3.63) is 91.0 Å². The highest BCUT2D eigenvalue weighted by Gasteiger charge is 2.15. The number of hydrogen-bond donors (Lipinski definition) is 4. The van der Waals surface area contributed by atoms with Crippen LogP contribution in [0.2, 0.25) is 0 Å². The van der Waals surface area contributed by atoms with E-state index in [0.717, 1.165) is 11.4 Å². The van der Waals surface area contributed by atoms with Gasteiger partial charge in [0, 0.05) is 33.5 Å². The maximum atomic E-state index is 12.4. The normalized spacial score (nSPS) is 10.4. The van der Waals surface area contributed by atoms with Crippen LogP contribution in [-0.2, 0) is 9.59 Å². The van der Waals surface area contributed by atoms with Gasteiger partial charge in [-0.1, -0.05) is 42.5 Å². The third kappa shape index (κ3) is 4.23. The number of carbonyl (C=O) groups excluding carboxylic acids is 2. The second-order valence-electron chi connectivity index (χ2n) is 6.65. The van der Waals surface area contributed by atoms with E-state index >= 15 is 0 Å². The van der Waals surface area contributed by atoms with E-state index in [2.05, 4.69) is 16.0 Å². The van der Waals surface area contributed by atoms with Crippen molar-refractivity contribution in [3.8, 4) is 5.75 Å². The number of aromatic hydroxyl groups is 1. The minimum absolute atomic E-state index is 0.109. The van der Waals surface area contributed by atoms with E-state index in [4.69, 9.17) is 0 Å². The van der Waals surface area contributed by atoms with Crippen molar-refractivity contribution >= 4 is 45.3 Å². The highest BCUT2D eigenvalue weighted by Crippen LogP contribution is 2.29. The van der Waals surface area contributed by atoms with E-state index in [1.54, 1.807) is 48.5 Å². The van der Waals surface area contributed by atoms with Crippen molar-refractivity contribution in [1.82, 2.24) is 0 Å². The third-order valence-electron chi connectivity index (χ3n) is 4.56. The van der Waals surface area contributed by atoms with Crippen LogP contribution in [0.5, 0.6) is 5.75 Å². The number of para-hydroxylation sites is 1. The van der Waals surface area contributed by atoms with Crippen molar-refractivity contribution in [3.63, 3.8) is 0 Å². The average Bonchev–Trinajstić information content (AvgIpc) is 2.76. The molecule has 0 heterocycles. The summed E-state index contributed by atoms with van der Waals surface area (Å²) in [7, 11) is 0. The number of carbonyl (C=O) groups is 2. The van der Waals surface area contributed by atoms with Gasteiger partial charge in [0.15, 0.2) is 0 Å². The highest BCUT2D eigenvalue weighted by molar-refractivity contribution is 6.44. The molecule has 4 rings (SSSR count). The molecule has 0 aromatic heterocycles. The number of nitrogens with one attached hydrogen (secondary N) is 3. The van der Waals surface area contributed by atoms with Crippen LogP contribution in [0, 0.1) is 0 Å². The average molecular weight is 397 g/mol. The molecule has 2 amide bonds. The van der Waals surface area contributed by atoms with Crippen LogP contribution in [0.25, 0.3) is 10.8 Å². The summed E-state index contributed by atoms with van der Waals surface area (Å²) in [4.78, 5) is 24.7. The number of hydrogen-bond acceptors (Lipinski definition) is 4. The molecular formula is C24H19N3O3. The Hall–Kier alpha value is -4.32. The SMILES string of the molecule is O=C(Nc1ccc(Nc2ccccc2)cc1)C(=O)Nc1cccc2c(O)cccc12. The largest absolute Gasteiger partial charge is 0.507 e. The van der Waals surface area contributed by atoms with E-state index in [9.17, 15) is 14.7 Å². The summed E-state index contributed by atoms with van der Waals surface area (Å²) in [5.74, 6) is -1.47. The Labute approximate surface area is 173 Å². The predicted octanol–water partition coefficient (Wildman–Crippen LogP) is 4.87. The number of phenolic OH excluding ortho intramolecular Hbond substituents is 1. The molecule has 4 aromatic carbocycles. The van der Waals surface area contributed by atoms with Crippen molar-refractivity contribution in [2.24, 2.45) is 0 Å². The topological polar surface area (TPSA) is 90.5 Å². The molecule has 0 spiro atoms. The van der Waals surface area contributed by atoms with E-state index in [1.807, 2.05) is 42.5 Å². The maximum Gasteiger partial charge on any atom is 0.314 e. The smallest absolute Gasteiger partial charge is 0.314 e. The summed E-state index contributed by atoms with van der Waals surface area (Å²) in [6.45, 7) is 0. The molecular weight excluding hydrogens is 378 g/mol. The van der Waals surface area contributed by atoms with Crippen molar-refractivity contribution in [2.45, 2.75) is 0 Å². The molecule has 148 valence electrons. The van der Waals surface area contributed by atoms with Gasteiger partial charge in [0.2, 0.25) is 0 Å². The zero-order chi connectivity index (χ0) is 20.9. The van der Waals surface area contributed by atoms with Crippen LogP contribution in [0.15, 0.2) is 91.0 Å².